The number of hydrogen-bond donors (Lipinski definition) is 4. The topological polar surface area (TPSA) is 177 Å². The number of piperidine rings is 1. The lowest BCUT2D eigenvalue weighted by molar-refractivity contribution is -0.139. The lowest BCUT2D eigenvalue weighted by Gasteiger charge is -2.61. The highest BCUT2D eigenvalue weighted by molar-refractivity contribution is 7.90. The fraction of sp³-hybridized carbons (Fsp3) is 0.386. The van der Waals surface area contributed by atoms with E-state index in [0.29, 0.717) is 16.6 Å². The van der Waals surface area contributed by atoms with Crippen molar-refractivity contribution in [2.24, 2.45) is 5.41 Å². The zero-order valence-corrected chi connectivity index (χ0v) is 34.8. The largest absolute Gasteiger partial charge is 0.370 e. The van der Waals surface area contributed by atoms with Crippen molar-refractivity contribution in [3.8, 4) is 11.1 Å². The Morgan fingerprint density at radius 2 is 1.78 bits per heavy atom. The van der Waals surface area contributed by atoms with Crippen molar-refractivity contribution in [1.29, 1.82) is 0 Å². The molecule has 1 spiro atoms. The van der Waals surface area contributed by atoms with Crippen LogP contribution in [-0.4, -0.2) is 115 Å². The minimum atomic E-state index is -4.36. The smallest absolute Gasteiger partial charge is 0.301 e. The average molecular weight is 889 g/mol. The van der Waals surface area contributed by atoms with Crippen molar-refractivity contribution < 1.29 is 45.2 Å². The van der Waals surface area contributed by atoms with Crippen LogP contribution in [0.3, 0.4) is 0 Å². The summed E-state index contributed by atoms with van der Waals surface area (Å²) in [4.78, 5) is 61.7. The first kappa shape index (κ1) is 42.4. The summed E-state index contributed by atoms with van der Waals surface area (Å²) in [5, 5.41) is 4.91. The van der Waals surface area contributed by atoms with Crippen LogP contribution in [-0.2, 0) is 24.6 Å². The van der Waals surface area contributed by atoms with Gasteiger partial charge >= 0.3 is 10.2 Å². The normalized spacial score (nSPS) is 23.6. The number of carbonyl (C=O) groups excluding carboxylic acids is 4. The van der Waals surface area contributed by atoms with Crippen LogP contribution in [0, 0.1) is 17.0 Å². The molecule has 6 heterocycles. The van der Waals surface area contributed by atoms with E-state index in [1.165, 1.54) is 12.3 Å². The molecule has 3 amide bonds. The van der Waals surface area contributed by atoms with Crippen molar-refractivity contribution in [3.05, 3.63) is 101 Å². The van der Waals surface area contributed by atoms with Crippen LogP contribution in [0.1, 0.15) is 54.4 Å². The predicted molar refractivity (Wildman–Crippen MR) is 225 cm³/mol. The van der Waals surface area contributed by atoms with Crippen molar-refractivity contribution in [1.82, 2.24) is 29.8 Å². The van der Waals surface area contributed by atoms with E-state index in [9.17, 15) is 32.0 Å². The number of benzene rings is 2. The SMILES string of the molecule is O=C1CC[C@H](NC(=O)C2(F)C=CC(CCCN3CC4(C3)CN(c3ccc(-c5cnc6[nH]cc(C(=O)c7c(F)ccc(NS(=O)(=O)N8CC[C@@H](F)C8)c7F)c6c5)cc3)C4)=CC2)C(=O)N1. The van der Waals surface area contributed by atoms with Gasteiger partial charge in [-0.1, -0.05) is 29.9 Å². The molecule has 3 atom stereocenters. The van der Waals surface area contributed by atoms with E-state index in [-0.39, 0.29) is 43.2 Å². The Balaban J connectivity index is 0.760. The molecular formula is C44H44F4N8O6S. The van der Waals surface area contributed by atoms with E-state index in [1.54, 1.807) is 24.4 Å². The minimum Gasteiger partial charge on any atom is -0.370 e. The molecule has 4 aromatic rings. The number of alkyl halides is 2. The molecular weight excluding hydrogens is 845 g/mol. The summed E-state index contributed by atoms with van der Waals surface area (Å²) in [5.41, 5.74) is 0.114. The van der Waals surface area contributed by atoms with Gasteiger partial charge in [0, 0.05) is 92.1 Å². The number of likely N-dealkylation sites (tertiary alicyclic amines) is 1. The molecule has 4 fully saturated rings. The molecule has 9 rings (SSSR count). The van der Waals surface area contributed by atoms with Gasteiger partial charge in [-0.05, 0) is 74.2 Å². The molecule has 14 nitrogen and oxygen atoms in total. The van der Waals surface area contributed by atoms with Crippen LogP contribution in [0.4, 0.5) is 28.9 Å². The third kappa shape index (κ3) is 8.36. The second kappa shape index (κ2) is 16.3. The third-order valence-electron chi connectivity index (χ3n) is 12.6. The van der Waals surface area contributed by atoms with Gasteiger partial charge in [0.05, 0.1) is 11.3 Å². The van der Waals surface area contributed by atoms with Crippen LogP contribution >= 0.6 is 0 Å². The lowest BCUT2D eigenvalue weighted by atomic mass is 9.72. The number of rotatable bonds is 13. The van der Waals surface area contributed by atoms with Crippen molar-refractivity contribution in [3.63, 3.8) is 0 Å². The number of aromatic amines is 1. The van der Waals surface area contributed by atoms with Gasteiger partial charge in [0.1, 0.15) is 23.7 Å². The molecule has 4 aliphatic heterocycles. The molecule has 4 N–H and O–H groups in total. The van der Waals surface area contributed by atoms with Crippen LogP contribution in [0.15, 0.2) is 78.7 Å². The number of fused-ring (bicyclic) bond motifs is 1. The summed E-state index contributed by atoms with van der Waals surface area (Å²) >= 11 is 0. The Morgan fingerprint density at radius 1 is 1.00 bits per heavy atom. The Morgan fingerprint density at radius 3 is 2.48 bits per heavy atom. The van der Waals surface area contributed by atoms with E-state index in [0.717, 1.165) is 78.8 Å². The molecule has 63 heavy (non-hydrogen) atoms. The summed E-state index contributed by atoms with van der Waals surface area (Å²) in [6.45, 7) is 4.16. The number of halogens is 4. The molecule has 4 saturated heterocycles. The fourth-order valence-corrected chi connectivity index (χ4v) is 10.4. The number of hydrogen-bond acceptors (Lipinski definition) is 9. The number of nitrogens with one attached hydrogen (secondary N) is 4. The molecule has 2 aromatic heterocycles. The highest BCUT2D eigenvalue weighted by Crippen LogP contribution is 2.42. The molecule has 19 heteroatoms. The molecule has 0 bridgehead atoms. The van der Waals surface area contributed by atoms with Crippen molar-refractivity contribution in [2.75, 3.05) is 55.4 Å². The van der Waals surface area contributed by atoms with Crippen LogP contribution in [0.25, 0.3) is 22.2 Å². The molecule has 0 radical (unpaired) electrons. The second-order valence-electron chi connectivity index (χ2n) is 17.2. The summed E-state index contributed by atoms with van der Waals surface area (Å²) < 4.78 is 88.3. The Labute approximate surface area is 360 Å². The first-order valence-electron chi connectivity index (χ1n) is 20.8. The van der Waals surface area contributed by atoms with Gasteiger partial charge in [0.25, 0.3) is 5.91 Å². The first-order valence-corrected chi connectivity index (χ1v) is 22.2. The number of H-pyrrole nitrogens is 1. The van der Waals surface area contributed by atoms with Gasteiger partial charge in [-0.2, -0.15) is 12.7 Å². The molecule has 2 aromatic carbocycles. The van der Waals surface area contributed by atoms with E-state index in [4.69, 9.17) is 0 Å². The van der Waals surface area contributed by atoms with E-state index < -0.39 is 81.0 Å². The Kier molecular flexibility index (Phi) is 11.0. The molecule has 0 saturated carbocycles. The molecule has 5 aliphatic rings. The maximum Gasteiger partial charge on any atom is 0.301 e. The monoisotopic (exact) mass is 888 g/mol. The van der Waals surface area contributed by atoms with Crippen LogP contribution < -0.4 is 20.3 Å². The summed E-state index contributed by atoms with van der Waals surface area (Å²) in [6.07, 6.45) is 7.93. The number of amides is 3. The first-order chi connectivity index (χ1) is 30.1. The average Bonchev–Trinajstić information content (AvgIpc) is 3.87. The predicted octanol–water partition coefficient (Wildman–Crippen LogP) is 4.86. The number of ketones is 1. The lowest BCUT2D eigenvalue weighted by Crippen LogP contribution is -2.72. The maximum atomic E-state index is 15.7. The minimum absolute atomic E-state index is 0.00300. The summed E-state index contributed by atoms with van der Waals surface area (Å²) in [5.74, 6) is -5.51. The molecule has 1 unspecified atom stereocenters. The van der Waals surface area contributed by atoms with Crippen molar-refractivity contribution in [2.45, 2.75) is 56.4 Å². The third-order valence-corrected chi connectivity index (χ3v) is 14.1. The van der Waals surface area contributed by atoms with Gasteiger partial charge in [-0.25, -0.2) is 22.5 Å². The number of anilines is 2. The zero-order valence-electron chi connectivity index (χ0n) is 33.9. The number of pyridine rings is 1. The van der Waals surface area contributed by atoms with E-state index in [1.807, 2.05) is 29.0 Å². The van der Waals surface area contributed by atoms with Gasteiger partial charge in [0.2, 0.25) is 23.3 Å². The molecule has 330 valence electrons. The van der Waals surface area contributed by atoms with Gasteiger partial charge in [0.15, 0.2) is 5.82 Å². The number of carbonyl (C=O) groups is 4. The molecule has 1 aliphatic carbocycles. The number of allylic oxidation sites excluding steroid dienone is 3. The van der Waals surface area contributed by atoms with Crippen molar-refractivity contribution >= 4 is 56.1 Å². The Hall–Kier alpha value is -5.92. The van der Waals surface area contributed by atoms with Crippen LogP contribution in [0.2, 0.25) is 0 Å². The standard InChI is InChI=1S/C44H44F4N8O6S/c45-29-13-17-56(21-29)63(61,62)53-34-8-7-33(46)37(38(34)47)39(58)32-20-50-40-31(32)18-28(19-49-40)27-3-5-30(6-4-27)55-24-43(25-55)22-54(23-43)16-1-2-26-11-14-44(48,15-12-26)42(60)51-35-9-10-36(57)52-41(35)59/h3-8,11-12,14,18-20,29,35,53H,1-2,9-10,13,15-17,21-25H2,(H,49,50)(H,51,60)(H,52,57,59)/t29-,35+,44?/m1/s1. The van der Waals surface area contributed by atoms with Gasteiger partial charge in [-0.15, -0.1) is 0 Å². The number of imide groups is 1. The number of nitrogens with zero attached hydrogens (tertiary/aromatic N) is 4. The van der Waals surface area contributed by atoms with Gasteiger partial charge in [-0.3, -0.25) is 29.2 Å². The highest BCUT2D eigenvalue weighted by atomic mass is 32.2. The second-order valence-corrected chi connectivity index (χ2v) is 18.8. The summed E-state index contributed by atoms with van der Waals surface area (Å²) in [6, 6.07) is 10.3. The fourth-order valence-electron chi connectivity index (χ4n) is 9.13. The Bertz CT molecular complexity index is 2700. The summed E-state index contributed by atoms with van der Waals surface area (Å²) in [7, 11) is -4.36. The quantitative estimate of drug-likeness (QED) is 0.0831. The van der Waals surface area contributed by atoms with E-state index in [2.05, 4.69) is 30.4 Å². The number of aromatic nitrogens is 2. The van der Waals surface area contributed by atoms with Gasteiger partial charge < -0.3 is 20.1 Å². The highest BCUT2D eigenvalue weighted by Gasteiger charge is 2.51. The van der Waals surface area contributed by atoms with E-state index >= 15 is 13.2 Å². The van der Waals surface area contributed by atoms with Crippen LogP contribution in [0.5, 0.6) is 0 Å². The maximum absolute atomic E-state index is 15.7. The zero-order chi connectivity index (χ0) is 44.3.